The highest BCUT2D eigenvalue weighted by atomic mass is 32.2. The Hall–Kier alpha value is -2.81. The summed E-state index contributed by atoms with van der Waals surface area (Å²) < 4.78 is 5.00. The van der Waals surface area contributed by atoms with Gasteiger partial charge in [-0.2, -0.15) is 0 Å². The van der Waals surface area contributed by atoms with Gasteiger partial charge in [0.2, 0.25) is 5.91 Å². The molecule has 1 aromatic heterocycles. The van der Waals surface area contributed by atoms with Gasteiger partial charge >= 0.3 is 0 Å². The third kappa shape index (κ3) is 5.13. The van der Waals surface area contributed by atoms with Crippen LogP contribution in [0.1, 0.15) is 16.1 Å². The zero-order chi connectivity index (χ0) is 17.5. The molecule has 0 aliphatic carbocycles. The van der Waals surface area contributed by atoms with Crippen LogP contribution in [0.2, 0.25) is 0 Å². The summed E-state index contributed by atoms with van der Waals surface area (Å²) in [5.74, 6) is -0.245. The summed E-state index contributed by atoms with van der Waals surface area (Å²) >= 11 is 1.06. The number of methoxy groups -OCH3 is 1. The summed E-state index contributed by atoms with van der Waals surface area (Å²) in [6.45, 7) is 1.69. The average molecular weight is 348 g/mol. The van der Waals surface area contributed by atoms with Crippen molar-refractivity contribution in [3.63, 3.8) is 0 Å². The standard InChI is InChI=1S/C15H16N4O4S/c1-9-7-12(20)17-15(16-9)24-8-13(21)18-19-14(22)10-3-5-11(23-2)6-4-10/h3-7H,8H2,1-2H3,(H,18,21)(H,19,22)(H,16,17,20). The van der Waals surface area contributed by atoms with Gasteiger partial charge in [-0.3, -0.25) is 25.2 Å². The number of carbonyl (C=O) groups excluding carboxylic acids is 2. The van der Waals surface area contributed by atoms with Crippen LogP contribution in [0.25, 0.3) is 0 Å². The van der Waals surface area contributed by atoms with Crippen molar-refractivity contribution in [1.82, 2.24) is 20.8 Å². The molecule has 0 aliphatic rings. The molecule has 8 nitrogen and oxygen atoms in total. The Bertz CT molecular complexity index is 789. The minimum atomic E-state index is -0.446. The highest BCUT2D eigenvalue weighted by molar-refractivity contribution is 7.99. The number of H-pyrrole nitrogens is 1. The van der Waals surface area contributed by atoms with Crippen molar-refractivity contribution in [3.05, 3.63) is 51.9 Å². The molecule has 0 saturated carbocycles. The van der Waals surface area contributed by atoms with E-state index in [0.717, 1.165) is 11.8 Å². The number of amides is 2. The Morgan fingerprint density at radius 2 is 1.96 bits per heavy atom. The molecule has 1 aromatic carbocycles. The maximum atomic E-state index is 11.9. The van der Waals surface area contributed by atoms with Crippen LogP contribution >= 0.6 is 11.8 Å². The average Bonchev–Trinajstić information content (AvgIpc) is 2.57. The first-order valence-corrected chi connectivity index (χ1v) is 7.90. The Morgan fingerprint density at radius 3 is 2.58 bits per heavy atom. The van der Waals surface area contributed by atoms with E-state index in [4.69, 9.17) is 4.74 Å². The third-order valence-electron chi connectivity index (χ3n) is 2.86. The number of aromatic amines is 1. The number of aryl methyl sites for hydroxylation is 1. The molecule has 126 valence electrons. The predicted molar refractivity (Wildman–Crippen MR) is 88.9 cm³/mol. The van der Waals surface area contributed by atoms with E-state index in [0.29, 0.717) is 22.2 Å². The molecule has 0 saturated heterocycles. The molecule has 9 heteroatoms. The van der Waals surface area contributed by atoms with Crippen LogP contribution in [-0.4, -0.2) is 34.6 Å². The molecule has 0 radical (unpaired) electrons. The molecule has 3 N–H and O–H groups in total. The molecule has 24 heavy (non-hydrogen) atoms. The van der Waals surface area contributed by atoms with Gasteiger partial charge in [-0.05, 0) is 31.2 Å². The Labute approximate surface area is 142 Å². The Balaban J connectivity index is 1.81. The number of thioether (sulfide) groups is 1. The Morgan fingerprint density at radius 1 is 1.25 bits per heavy atom. The van der Waals surface area contributed by atoms with Gasteiger partial charge in [0.15, 0.2) is 5.16 Å². The van der Waals surface area contributed by atoms with E-state index in [1.165, 1.54) is 13.2 Å². The number of nitrogens with one attached hydrogen (secondary N) is 3. The number of aromatic nitrogens is 2. The first kappa shape index (κ1) is 17.5. The smallest absolute Gasteiger partial charge is 0.269 e. The van der Waals surface area contributed by atoms with Crippen molar-refractivity contribution in [2.45, 2.75) is 12.1 Å². The molecule has 1 heterocycles. The number of nitrogens with zero attached hydrogens (tertiary/aromatic N) is 1. The summed E-state index contributed by atoms with van der Waals surface area (Å²) in [6.07, 6.45) is 0. The summed E-state index contributed by atoms with van der Waals surface area (Å²) in [5, 5.41) is 0.344. The lowest BCUT2D eigenvalue weighted by atomic mass is 10.2. The normalized spacial score (nSPS) is 10.1. The SMILES string of the molecule is COc1ccc(C(=O)NNC(=O)CSc2nc(C)cc(=O)[nH]2)cc1. The fourth-order valence-corrected chi connectivity index (χ4v) is 2.45. The van der Waals surface area contributed by atoms with Gasteiger partial charge < -0.3 is 9.72 Å². The van der Waals surface area contributed by atoms with Gasteiger partial charge in [-0.25, -0.2) is 4.98 Å². The van der Waals surface area contributed by atoms with Gasteiger partial charge in [-0.15, -0.1) is 0 Å². The molecule has 0 unspecified atom stereocenters. The maximum Gasteiger partial charge on any atom is 0.269 e. The second-order valence-electron chi connectivity index (χ2n) is 4.71. The number of hydrogen-bond acceptors (Lipinski definition) is 6. The van der Waals surface area contributed by atoms with E-state index in [1.54, 1.807) is 31.2 Å². The number of hydrazine groups is 1. The van der Waals surface area contributed by atoms with Gasteiger partial charge in [0.1, 0.15) is 5.75 Å². The number of carbonyl (C=O) groups is 2. The van der Waals surface area contributed by atoms with Crippen molar-refractivity contribution in [3.8, 4) is 5.75 Å². The van der Waals surface area contributed by atoms with Gasteiger partial charge in [0.25, 0.3) is 11.5 Å². The minimum absolute atomic E-state index is 0.00468. The topological polar surface area (TPSA) is 113 Å². The van der Waals surface area contributed by atoms with E-state index in [-0.39, 0.29) is 11.3 Å². The van der Waals surface area contributed by atoms with Crippen LogP contribution in [0.4, 0.5) is 0 Å². The largest absolute Gasteiger partial charge is 0.497 e. The molecule has 2 rings (SSSR count). The molecular weight excluding hydrogens is 332 g/mol. The summed E-state index contributed by atoms with van der Waals surface area (Å²) in [4.78, 5) is 41.5. The quantitative estimate of drug-likeness (QED) is 0.415. The lowest BCUT2D eigenvalue weighted by Gasteiger charge is -2.07. The summed E-state index contributed by atoms with van der Waals surface area (Å²) in [7, 11) is 1.53. The number of rotatable bonds is 5. The minimum Gasteiger partial charge on any atom is -0.497 e. The molecule has 0 aliphatic heterocycles. The van der Waals surface area contributed by atoms with Crippen LogP contribution in [0.15, 0.2) is 40.3 Å². The fraction of sp³-hybridized carbons (Fsp3) is 0.200. The van der Waals surface area contributed by atoms with E-state index in [2.05, 4.69) is 20.8 Å². The lowest BCUT2D eigenvalue weighted by Crippen LogP contribution is -2.42. The zero-order valence-corrected chi connectivity index (χ0v) is 13.9. The van der Waals surface area contributed by atoms with Crippen LogP contribution in [0, 0.1) is 6.92 Å². The maximum absolute atomic E-state index is 11.9. The fourth-order valence-electron chi connectivity index (χ4n) is 1.73. The highest BCUT2D eigenvalue weighted by Crippen LogP contribution is 2.11. The highest BCUT2D eigenvalue weighted by Gasteiger charge is 2.09. The van der Waals surface area contributed by atoms with Crippen molar-refractivity contribution in [2.75, 3.05) is 12.9 Å². The molecule has 2 amide bonds. The van der Waals surface area contributed by atoms with Crippen LogP contribution in [-0.2, 0) is 4.79 Å². The number of hydrogen-bond donors (Lipinski definition) is 3. The van der Waals surface area contributed by atoms with Gasteiger partial charge in [-0.1, -0.05) is 11.8 Å². The van der Waals surface area contributed by atoms with Gasteiger partial charge in [0.05, 0.1) is 12.9 Å². The summed E-state index contributed by atoms with van der Waals surface area (Å²) in [6, 6.07) is 7.81. The third-order valence-corrected chi connectivity index (χ3v) is 3.73. The van der Waals surface area contributed by atoms with Crippen molar-refractivity contribution in [1.29, 1.82) is 0 Å². The van der Waals surface area contributed by atoms with Crippen molar-refractivity contribution in [2.24, 2.45) is 0 Å². The van der Waals surface area contributed by atoms with E-state index >= 15 is 0 Å². The van der Waals surface area contributed by atoms with E-state index in [9.17, 15) is 14.4 Å². The van der Waals surface area contributed by atoms with Crippen LogP contribution in [0.3, 0.4) is 0 Å². The molecular formula is C15H16N4O4S. The molecule has 2 aromatic rings. The molecule has 0 bridgehead atoms. The Kier molecular flexibility index (Phi) is 5.96. The van der Waals surface area contributed by atoms with Crippen molar-refractivity contribution < 1.29 is 14.3 Å². The second kappa shape index (κ2) is 8.16. The second-order valence-corrected chi connectivity index (χ2v) is 5.68. The van der Waals surface area contributed by atoms with Crippen LogP contribution < -0.4 is 21.1 Å². The monoisotopic (exact) mass is 348 g/mol. The van der Waals surface area contributed by atoms with Crippen molar-refractivity contribution >= 4 is 23.6 Å². The van der Waals surface area contributed by atoms with Crippen LogP contribution in [0.5, 0.6) is 5.75 Å². The first-order valence-electron chi connectivity index (χ1n) is 6.92. The molecule has 0 spiro atoms. The van der Waals surface area contributed by atoms with E-state index in [1.807, 2.05) is 0 Å². The number of benzene rings is 1. The number of ether oxygens (including phenoxy) is 1. The summed E-state index contributed by atoms with van der Waals surface area (Å²) in [5.41, 5.74) is 5.28. The van der Waals surface area contributed by atoms with Gasteiger partial charge in [0, 0.05) is 17.3 Å². The lowest BCUT2D eigenvalue weighted by molar-refractivity contribution is -0.119. The zero-order valence-electron chi connectivity index (χ0n) is 13.1. The first-order chi connectivity index (χ1) is 11.5. The van der Waals surface area contributed by atoms with E-state index < -0.39 is 11.8 Å². The predicted octanol–water partition coefficient (Wildman–Crippen LogP) is 0.640. The molecule has 0 atom stereocenters. The molecule has 0 fully saturated rings.